The molecule has 0 saturated heterocycles. The molecule has 0 fully saturated rings. The Bertz CT molecular complexity index is 617. The molecule has 1 N–H and O–H groups in total. The van der Waals surface area contributed by atoms with Crippen molar-refractivity contribution in [1.29, 1.82) is 0 Å². The van der Waals surface area contributed by atoms with Crippen LogP contribution in [-0.4, -0.2) is 19.3 Å². The Labute approximate surface area is 119 Å². The highest BCUT2D eigenvalue weighted by molar-refractivity contribution is 5.73. The van der Waals surface area contributed by atoms with Gasteiger partial charge >= 0.3 is 0 Å². The van der Waals surface area contributed by atoms with E-state index in [9.17, 15) is 0 Å². The lowest BCUT2D eigenvalue weighted by atomic mass is 10.0. The highest BCUT2D eigenvalue weighted by Gasteiger charge is 2.26. The van der Waals surface area contributed by atoms with E-state index in [1.165, 1.54) is 11.1 Å². The van der Waals surface area contributed by atoms with Crippen molar-refractivity contribution in [3.8, 4) is 22.6 Å². The fourth-order valence-electron chi connectivity index (χ4n) is 2.36. The standard InChI is InChI=1S/C17H19NO2/c1-17(2)11-18-15-10-13(6-9-16(15)20-17)12-4-7-14(19-3)8-5-12/h4-10,18H,11H2,1-3H3. The molecule has 0 unspecified atom stereocenters. The van der Waals surface area contributed by atoms with E-state index in [1.807, 2.05) is 18.2 Å². The first-order valence-electron chi connectivity index (χ1n) is 6.79. The quantitative estimate of drug-likeness (QED) is 0.895. The van der Waals surface area contributed by atoms with Crippen LogP contribution in [0.5, 0.6) is 11.5 Å². The molecule has 1 aliphatic rings. The average molecular weight is 269 g/mol. The van der Waals surface area contributed by atoms with Gasteiger partial charge < -0.3 is 14.8 Å². The third-order valence-electron chi connectivity index (χ3n) is 3.49. The van der Waals surface area contributed by atoms with Crippen molar-refractivity contribution >= 4 is 5.69 Å². The second kappa shape index (κ2) is 4.75. The first kappa shape index (κ1) is 12.9. The molecule has 2 aromatic rings. The predicted octanol–water partition coefficient (Wildman–Crippen LogP) is 3.95. The van der Waals surface area contributed by atoms with E-state index in [0.717, 1.165) is 23.7 Å². The molecule has 0 saturated carbocycles. The highest BCUT2D eigenvalue weighted by atomic mass is 16.5. The van der Waals surface area contributed by atoms with Gasteiger partial charge in [0.25, 0.3) is 0 Å². The summed E-state index contributed by atoms with van der Waals surface area (Å²) in [6.45, 7) is 4.98. The second-order valence-electron chi connectivity index (χ2n) is 5.65. The minimum atomic E-state index is -0.158. The van der Waals surface area contributed by atoms with Gasteiger partial charge in [0.05, 0.1) is 19.3 Å². The molecular formula is C17H19NO2. The molecule has 0 bridgehead atoms. The van der Waals surface area contributed by atoms with Crippen molar-refractivity contribution in [2.45, 2.75) is 19.4 Å². The van der Waals surface area contributed by atoms with Crippen LogP contribution in [-0.2, 0) is 0 Å². The zero-order valence-electron chi connectivity index (χ0n) is 12.1. The van der Waals surface area contributed by atoms with Gasteiger partial charge in [-0.15, -0.1) is 0 Å². The van der Waals surface area contributed by atoms with Crippen LogP contribution in [0.25, 0.3) is 11.1 Å². The smallest absolute Gasteiger partial charge is 0.143 e. The molecule has 0 aliphatic carbocycles. The van der Waals surface area contributed by atoms with Crippen molar-refractivity contribution in [3.05, 3.63) is 42.5 Å². The number of anilines is 1. The maximum atomic E-state index is 5.96. The molecule has 1 aliphatic heterocycles. The maximum absolute atomic E-state index is 5.96. The van der Waals surface area contributed by atoms with Crippen molar-refractivity contribution in [3.63, 3.8) is 0 Å². The third kappa shape index (κ3) is 2.44. The Kier molecular flexibility index (Phi) is 3.05. The van der Waals surface area contributed by atoms with E-state index in [1.54, 1.807) is 7.11 Å². The molecule has 0 atom stereocenters. The van der Waals surface area contributed by atoms with Crippen molar-refractivity contribution in [2.24, 2.45) is 0 Å². The molecule has 3 rings (SSSR count). The highest BCUT2D eigenvalue weighted by Crippen LogP contribution is 2.36. The van der Waals surface area contributed by atoms with Gasteiger partial charge in [-0.3, -0.25) is 0 Å². The fraction of sp³-hybridized carbons (Fsp3) is 0.294. The zero-order valence-corrected chi connectivity index (χ0v) is 12.1. The molecule has 3 nitrogen and oxygen atoms in total. The van der Waals surface area contributed by atoms with Crippen LogP contribution in [0.15, 0.2) is 42.5 Å². The van der Waals surface area contributed by atoms with E-state index < -0.39 is 0 Å². The fourth-order valence-corrected chi connectivity index (χ4v) is 2.36. The summed E-state index contributed by atoms with van der Waals surface area (Å²) in [6, 6.07) is 14.3. The van der Waals surface area contributed by atoms with Gasteiger partial charge in [0, 0.05) is 0 Å². The van der Waals surface area contributed by atoms with E-state index in [0.29, 0.717) is 0 Å². The molecule has 0 spiro atoms. The van der Waals surface area contributed by atoms with Crippen LogP contribution in [0.3, 0.4) is 0 Å². The molecule has 20 heavy (non-hydrogen) atoms. The van der Waals surface area contributed by atoms with Gasteiger partial charge in [-0.1, -0.05) is 18.2 Å². The Balaban J connectivity index is 1.92. The Morgan fingerprint density at radius 2 is 1.75 bits per heavy atom. The van der Waals surface area contributed by atoms with Gasteiger partial charge in [0.15, 0.2) is 0 Å². The number of nitrogens with one attached hydrogen (secondary N) is 1. The van der Waals surface area contributed by atoms with Gasteiger partial charge in [-0.25, -0.2) is 0 Å². The number of hydrogen-bond donors (Lipinski definition) is 1. The van der Waals surface area contributed by atoms with Gasteiger partial charge in [-0.05, 0) is 49.2 Å². The number of rotatable bonds is 2. The van der Waals surface area contributed by atoms with E-state index >= 15 is 0 Å². The predicted molar refractivity (Wildman–Crippen MR) is 81.6 cm³/mol. The Morgan fingerprint density at radius 3 is 2.45 bits per heavy atom. The molecule has 0 aromatic heterocycles. The lowest BCUT2D eigenvalue weighted by Crippen LogP contribution is -2.39. The van der Waals surface area contributed by atoms with E-state index in [4.69, 9.17) is 9.47 Å². The molecule has 2 aromatic carbocycles. The SMILES string of the molecule is COc1ccc(-c2ccc3c(c2)NCC(C)(C)O3)cc1. The minimum Gasteiger partial charge on any atom is -0.497 e. The first-order valence-corrected chi connectivity index (χ1v) is 6.79. The minimum absolute atomic E-state index is 0.158. The number of benzene rings is 2. The molecule has 3 heteroatoms. The molecular weight excluding hydrogens is 250 g/mol. The van der Waals surface area contributed by atoms with Crippen LogP contribution < -0.4 is 14.8 Å². The van der Waals surface area contributed by atoms with Crippen LogP contribution >= 0.6 is 0 Å². The topological polar surface area (TPSA) is 30.5 Å². The maximum Gasteiger partial charge on any atom is 0.143 e. The lowest BCUT2D eigenvalue weighted by Gasteiger charge is -2.33. The average Bonchev–Trinajstić information content (AvgIpc) is 2.46. The molecule has 104 valence electrons. The summed E-state index contributed by atoms with van der Waals surface area (Å²) >= 11 is 0. The molecule has 0 amide bonds. The number of hydrogen-bond acceptors (Lipinski definition) is 3. The summed E-state index contributed by atoms with van der Waals surface area (Å²) in [5, 5.41) is 3.44. The van der Waals surface area contributed by atoms with E-state index in [2.05, 4.69) is 43.4 Å². The summed E-state index contributed by atoms with van der Waals surface area (Å²) in [5.41, 5.74) is 3.23. The van der Waals surface area contributed by atoms with Crippen LogP contribution in [0.2, 0.25) is 0 Å². The summed E-state index contributed by atoms with van der Waals surface area (Å²) < 4.78 is 11.2. The summed E-state index contributed by atoms with van der Waals surface area (Å²) in [6.07, 6.45) is 0. The normalized spacial score (nSPS) is 15.8. The van der Waals surface area contributed by atoms with Gasteiger partial charge in [-0.2, -0.15) is 0 Å². The second-order valence-corrected chi connectivity index (χ2v) is 5.65. The van der Waals surface area contributed by atoms with Crippen LogP contribution in [0.1, 0.15) is 13.8 Å². The number of ether oxygens (including phenoxy) is 2. The number of fused-ring (bicyclic) bond motifs is 1. The number of methoxy groups -OCH3 is 1. The third-order valence-corrected chi connectivity index (χ3v) is 3.49. The van der Waals surface area contributed by atoms with E-state index in [-0.39, 0.29) is 5.60 Å². The van der Waals surface area contributed by atoms with Crippen molar-refractivity contribution < 1.29 is 9.47 Å². The summed E-state index contributed by atoms with van der Waals surface area (Å²) in [7, 11) is 1.68. The van der Waals surface area contributed by atoms with Crippen molar-refractivity contribution in [1.82, 2.24) is 0 Å². The monoisotopic (exact) mass is 269 g/mol. The van der Waals surface area contributed by atoms with Crippen LogP contribution in [0.4, 0.5) is 5.69 Å². The summed E-state index contributed by atoms with van der Waals surface area (Å²) in [5.74, 6) is 1.79. The Morgan fingerprint density at radius 1 is 1.05 bits per heavy atom. The van der Waals surface area contributed by atoms with Gasteiger partial charge in [0.1, 0.15) is 17.1 Å². The summed E-state index contributed by atoms with van der Waals surface area (Å²) in [4.78, 5) is 0. The largest absolute Gasteiger partial charge is 0.497 e. The van der Waals surface area contributed by atoms with Crippen molar-refractivity contribution in [2.75, 3.05) is 19.0 Å². The van der Waals surface area contributed by atoms with Gasteiger partial charge in [0.2, 0.25) is 0 Å². The molecule has 0 radical (unpaired) electrons. The van der Waals surface area contributed by atoms with Crippen LogP contribution in [0, 0.1) is 0 Å². The molecule has 1 heterocycles. The lowest BCUT2D eigenvalue weighted by molar-refractivity contribution is 0.116. The first-order chi connectivity index (χ1) is 9.57. The Hall–Kier alpha value is -2.16. The zero-order chi connectivity index (χ0) is 14.2.